The molecule has 0 spiro atoms. The van der Waals surface area contributed by atoms with Crippen molar-refractivity contribution < 1.29 is 19.2 Å². The molecule has 0 saturated heterocycles. The summed E-state index contributed by atoms with van der Waals surface area (Å²) in [4.78, 5) is 24.1. The van der Waals surface area contributed by atoms with Gasteiger partial charge in [0.25, 0.3) is 5.69 Å². The van der Waals surface area contributed by atoms with Gasteiger partial charge in [0.2, 0.25) is 0 Å². The highest BCUT2D eigenvalue weighted by atomic mass is 16.6. The number of benzene rings is 2. The lowest BCUT2D eigenvalue weighted by atomic mass is 10.1. The van der Waals surface area contributed by atoms with Gasteiger partial charge in [0.05, 0.1) is 11.5 Å². The molecule has 25 heavy (non-hydrogen) atoms. The Morgan fingerprint density at radius 1 is 1.28 bits per heavy atom. The van der Waals surface area contributed by atoms with Crippen molar-refractivity contribution in [3.05, 3.63) is 58.1 Å². The van der Waals surface area contributed by atoms with Gasteiger partial charge in [-0.05, 0) is 31.2 Å². The minimum atomic E-state index is -0.480. The number of nitro groups is 1. The molecule has 2 aromatic carbocycles. The van der Waals surface area contributed by atoms with Crippen LogP contribution in [0, 0.1) is 10.1 Å². The van der Waals surface area contributed by atoms with Crippen molar-refractivity contribution in [2.75, 3.05) is 25.1 Å². The zero-order valence-electron chi connectivity index (χ0n) is 14.0. The van der Waals surface area contributed by atoms with E-state index < -0.39 is 4.92 Å². The van der Waals surface area contributed by atoms with Crippen LogP contribution in [0.4, 0.5) is 11.4 Å². The molecule has 2 aromatic rings. The number of ketones is 1. The number of rotatable bonds is 5. The average molecular weight is 342 g/mol. The van der Waals surface area contributed by atoms with Crippen molar-refractivity contribution >= 4 is 17.2 Å². The summed E-state index contributed by atoms with van der Waals surface area (Å²) in [5.41, 5.74) is 0.639. The molecule has 130 valence electrons. The standard InChI is InChI=1S/C18H18N2O5/c1-12(21)13-7-8-15(16(9-13)20(22)23)19(2)10-14-11-24-17-5-3-4-6-18(17)25-14/h3-9,14H,10-11H2,1-2H3/t14-/m1/s1. The SMILES string of the molecule is CC(=O)c1ccc(N(C)C[C@@H]2COc3ccccc3O2)c([N+](=O)[O-])c1. The number of hydrogen-bond acceptors (Lipinski definition) is 6. The maximum Gasteiger partial charge on any atom is 0.293 e. The zero-order chi connectivity index (χ0) is 18.0. The second kappa shape index (κ2) is 6.80. The lowest BCUT2D eigenvalue weighted by molar-refractivity contribution is -0.384. The molecule has 0 aromatic heterocycles. The summed E-state index contributed by atoms with van der Waals surface area (Å²) in [5.74, 6) is 1.14. The van der Waals surface area contributed by atoms with Crippen LogP contribution in [0.25, 0.3) is 0 Å². The molecule has 1 aliphatic rings. The third-order valence-electron chi connectivity index (χ3n) is 4.03. The Hall–Kier alpha value is -3.09. The molecule has 0 saturated carbocycles. The van der Waals surface area contributed by atoms with Gasteiger partial charge in [-0.25, -0.2) is 0 Å². The number of hydrogen-bond donors (Lipinski definition) is 0. The van der Waals surface area contributed by atoms with Gasteiger partial charge in [0, 0.05) is 18.7 Å². The predicted octanol–water partition coefficient (Wildman–Crippen LogP) is 3.07. The summed E-state index contributed by atoms with van der Waals surface area (Å²) in [7, 11) is 1.75. The van der Waals surface area contributed by atoms with Crippen LogP contribution in [0.3, 0.4) is 0 Å². The molecule has 7 heteroatoms. The smallest absolute Gasteiger partial charge is 0.293 e. The number of carbonyl (C=O) groups excluding carboxylic acids is 1. The first kappa shape index (κ1) is 16.8. The Balaban J connectivity index is 1.79. The average Bonchev–Trinajstić information content (AvgIpc) is 2.60. The predicted molar refractivity (Wildman–Crippen MR) is 92.7 cm³/mol. The fourth-order valence-corrected chi connectivity index (χ4v) is 2.77. The van der Waals surface area contributed by atoms with Crippen LogP contribution in [0.1, 0.15) is 17.3 Å². The molecule has 0 fully saturated rings. The second-order valence-electron chi connectivity index (χ2n) is 5.89. The lowest BCUT2D eigenvalue weighted by Gasteiger charge is -2.30. The van der Waals surface area contributed by atoms with Crippen molar-refractivity contribution in [2.45, 2.75) is 13.0 Å². The van der Waals surface area contributed by atoms with Gasteiger partial charge in [0.1, 0.15) is 12.3 Å². The first-order valence-corrected chi connectivity index (χ1v) is 7.84. The minimum Gasteiger partial charge on any atom is -0.486 e. The van der Waals surface area contributed by atoms with E-state index in [4.69, 9.17) is 9.47 Å². The van der Waals surface area contributed by atoms with Gasteiger partial charge in [0.15, 0.2) is 23.4 Å². The molecule has 1 heterocycles. The van der Waals surface area contributed by atoms with E-state index in [-0.39, 0.29) is 17.6 Å². The highest BCUT2D eigenvalue weighted by Crippen LogP contribution is 2.33. The van der Waals surface area contributed by atoms with Crippen LogP contribution in [-0.2, 0) is 0 Å². The maximum absolute atomic E-state index is 11.5. The molecule has 0 amide bonds. The Kier molecular flexibility index (Phi) is 4.56. The van der Waals surface area contributed by atoms with Crippen LogP contribution in [0.2, 0.25) is 0 Å². The number of carbonyl (C=O) groups is 1. The van der Waals surface area contributed by atoms with E-state index in [9.17, 15) is 14.9 Å². The third-order valence-corrected chi connectivity index (χ3v) is 4.03. The monoisotopic (exact) mass is 342 g/mol. The Morgan fingerprint density at radius 2 is 2.00 bits per heavy atom. The highest BCUT2D eigenvalue weighted by Gasteiger charge is 2.25. The molecule has 3 rings (SSSR count). The van der Waals surface area contributed by atoms with Crippen LogP contribution in [0.15, 0.2) is 42.5 Å². The van der Waals surface area contributed by atoms with E-state index in [0.717, 1.165) is 0 Å². The molecule has 7 nitrogen and oxygen atoms in total. The van der Waals surface area contributed by atoms with E-state index in [1.54, 1.807) is 24.1 Å². The molecular formula is C18H18N2O5. The minimum absolute atomic E-state index is 0.104. The Labute approximate surface area is 144 Å². The Bertz CT molecular complexity index is 821. The summed E-state index contributed by atoms with van der Waals surface area (Å²) in [6, 6.07) is 11.9. The van der Waals surface area contributed by atoms with Gasteiger partial charge >= 0.3 is 0 Å². The Morgan fingerprint density at radius 3 is 2.68 bits per heavy atom. The highest BCUT2D eigenvalue weighted by molar-refractivity contribution is 5.95. The topological polar surface area (TPSA) is 81.9 Å². The van der Waals surface area contributed by atoms with Crippen molar-refractivity contribution in [1.29, 1.82) is 0 Å². The van der Waals surface area contributed by atoms with Gasteiger partial charge in [-0.3, -0.25) is 14.9 Å². The third kappa shape index (κ3) is 3.55. The van der Waals surface area contributed by atoms with E-state index in [0.29, 0.717) is 35.9 Å². The first-order chi connectivity index (χ1) is 12.0. The van der Waals surface area contributed by atoms with Crippen LogP contribution in [0.5, 0.6) is 11.5 Å². The van der Waals surface area contributed by atoms with Crippen LogP contribution in [-0.4, -0.2) is 37.0 Å². The van der Waals surface area contributed by atoms with Gasteiger partial charge in [-0.15, -0.1) is 0 Å². The number of likely N-dealkylation sites (N-methyl/N-ethyl adjacent to an activating group) is 1. The quantitative estimate of drug-likeness (QED) is 0.472. The second-order valence-corrected chi connectivity index (χ2v) is 5.89. The zero-order valence-corrected chi connectivity index (χ0v) is 14.0. The molecule has 0 radical (unpaired) electrons. The number of ether oxygens (including phenoxy) is 2. The van der Waals surface area contributed by atoms with E-state index in [1.807, 2.05) is 24.3 Å². The molecular weight excluding hydrogens is 324 g/mol. The van der Waals surface area contributed by atoms with Crippen molar-refractivity contribution in [3.8, 4) is 11.5 Å². The summed E-state index contributed by atoms with van der Waals surface area (Å²) in [5, 5.41) is 11.4. The normalized spacial score (nSPS) is 15.5. The van der Waals surface area contributed by atoms with Crippen molar-refractivity contribution in [2.24, 2.45) is 0 Å². The van der Waals surface area contributed by atoms with Gasteiger partial charge in [-0.2, -0.15) is 0 Å². The van der Waals surface area contributed by atoms with Gasteiger partial charge < -0.3 is 14.4 Å². The fourth-order valence-electron chi connectivity index (χ4n) is 2.77. The number of nitro benzene ring substituents is 1. The molecule has 0 bridgehead atoms. The number of Topliss-reactive ketones (excluding diaryl/α,β-unsaturated/α-hetero) is 1. The summed E-state index contributed by atoms with van der Waals surface area (Å²) in [6.45, 7) is 2.16. The van der Waals surface area contributed by atoms with Crippen molar-refractivity contribution in [1.82, 2.24) is 0 Å². The summed E-state index contributed by atoms with van der Waals surface area (Å²) < 4.78 is 11.6. The van der Waals surface area contributed by atoms with E-state index in [2.05, 4.69) is 0 Å². The number of anilines is 1. The molecule has 0 N–H and O–H groups in total. The summed E-state index contributed by atoms with van der Waals surface area (Å²) in [6.07, 6.45) is -0.257. The van der Waals surface area contributed by atoms with Crippen molar-refractivity contribution in [3.63, 3.8) is 0 Å². The summed E-state index contributed by atoms with van der Waals surface area (Å²) >= 11 is 0. The molecule has 0 aliphatic carbocycles. The molecule has 0 unspecified atom stereocenters. The number of fused-ring (bicyclic) bond motifs is 1. The van der Waals surface area contributed by atoms with Crippen LogP contribution >= 0.6 is 0 Å². The largest absolute Gasteiger partial charge is 0.486 e. The number of nitrogens with zero attached hydrogens (tertiary/aromatic N) is 2. The number of para-hydroxylation sites is 2. The maximum atomic E-state index is 11.5. The van der Waals surface area contributed by atoms with E-state index >= 15 is 0 Å². The first-order valence-electron chi connectivity index (χ1n) is 7.84. The fraction of sp³-hybridized carbons (Fsp3) is 0.278. The van der Waals surface area contributed by atoms with Crippen LogP contribution < -0.4 is 14.4 Å². The molecule has 1 aliphatic heterocycles. The van der Waals surface area contributed by atoms with Gasteiger partial charge in [-0.1, -0.05) is 12.1 Å². The van der Waals surface area contributed by atoms with E-state index in [1.165, 1.54) is 13.0 Å². The lowest BCUT2D eigenvalue weighted by Crippen LogP contribution is -2.39. The molecule has 1 atom stereocenters.